The van der Waals surface area contributed by atoms with E-state index in [9.17, 15) is 0 Å². The van der Waals surface area contributed by atoms with E-state index in [1.165, 1.54) is 6.42 Å². The molecule has 0 saturated heterocycles. The van der Waals surface area contributed by atoms with Crippen LogP contribution in [0, 0.1) is 39.4 Å². The molecule has 0 aliphatic heterocycles. The minimum absolute atomic E-state index is 0.357. The summed E-state index contributed by atoms with van der Waals surface area (Å²) in [4.78, 5) is 0. The minimum Gasteiger partial charge on any atom is -0.0845 e. The second kappa shape index (κ2) is 3.89. The van der Waals surface area contributed by atoms with Gasteiger partial charge in [0.25, 0.3) is 0 Å². The van der Waals surface area contributed by atoms with E-state index in [0.29, 0.717) is 21.7 Å². The van der Waals surface area contributed by atoms with E-state index in [-0.39, 0.29) is 0 Å². The topological polar surface area (TPSA) is 0 Å². The first kappa shape index (κ1) is 15.1. The van der Waals surface area contributed by atoms with Crippen LogP contribution in [0.25, 0.3) is 0 Å². The van der Waals surface area contributed by atoms with Crippen molar-refractivity contribution in [3.05, 3.63) is 12.2 Å². The van der Waals surface area contributed by atoms with Crippen LogP contribution in [-0.2, 0) is 0 Å². The Kier molecular flexibility index (Phi) is 3.10. The molecular weight excluding hydrogens is 228 g/mol. The zero-order valence-corrected chi connectivity index (χ0v) is 14.6. The van der Waals surface area contributed by atoms with E-state index in [1.54, 1.807) is 0 Å². The van der Waals surface area contributed by atoms with E-state index < -0.39 is 0 Å². The molecule has 1 saturated carbocycles. The van der Waals surface area contributed by atoms with Gasteiger partial charge in [-0.25, -0.2) is 0 Å². The van der Waals surface area contributed by atoms with Crippen LogP contribution in [0.4, 0.5) is 0 Å². The maximum absolute atomic E-state index is 2.59. The molecule has 0 aromatic carbocycles. The first-order chi connectivity index (χ1) is 8.31. The molecule has 0 N–H and O–H groups in total. The van der Waals surface area contributed by atoms with E-state index in [2.05, 4.69) is 74.5 Å². The fourth-order valence-corrected chi connectivity index (χ4v) is 5.34. The lowest BCUT2D eigenvalue weighted by molar-refractivity contribution is -0.0251. The van der Waals surface area contributed by atoms with Gasteiger partial charge in [-0.15, -0.1) is 0 Å². The van der Waals surface area contributed by atoms with Gasteiger partial charge in [-0.1, -0.05) is 74.5 Å². The molecule has 0 aromatic heterocycles. The summed E-state index contributed by atoms with van der Waals surface area (Å²) in [5, 5.41) is 0. The molecule has 1 fully saturated rings. The summed E-state index contributed by atoms with van der Waals surface area (Å²) in [5.41, 5.74) is 1.54. The molecule has 2 bridgehead atoms. The molecule has 2 rings (SSSR count). The summed E-state index contributed by atoms with van der Waals surface area (Å²) in [7, 11) is 0. The predicted molar refractivity (Wildman–Crippen MR) is 85.0 cm³/mol. The van der Waals surface area contributed by atoms with E-state index in [0.717, 1.165) is 17.8 Å². The monoisotopic (exact) mass is 262 g/mol. The van der Waals surface area contributed by atoms with Crippen molar-refractivity contribution in [2.24, 2.45) is 39.4 Å². The average Bonchev–Trinajstić information content (AvgIpc) is 2.68. The van der Waals surface area contributed by atoms with Crippen molar-refractivity contribution in [2.75, 3.05) is 0 Å². The Bertz CT molecular complexity index is 380. The second-order valence-electron chi connectivity index (χ2n) is 10.3. The molecule has 0 aromatic rings. The number of allylic oxidation sites excluding steroid dienone is 2. The summed E-state index contributed by atoms with van der Waals surface area (Å²) in [6.45, 7) is 22.1. The normalized spacial score (nSPS) is 39.1. The van der Waals surface area contributed by atoms with Crippen molar-refractivity contribution < 1.29 is 0 Å². The van der Waals surface area contributed by atoms with Gasteiger partial charge < -0.3 is 0 Å². The fourth-order valence-electron chi connectivity index (χ4n) is 5.34. The molecule has 4 unspecified atom stereocenters. The van der Waals surface area contributed by atoms with Crippen molar-refractivity contribution in [1.82, 2.24) is 0 Å². The Morgan fingerprint density at radius 1 is 0.842 bits per heavy atom. The van der Waals surface area contributed by atoms with E-state index in [1.807, 2.05) is 0 Å². The summed E-state index contributed by atoms with van der Waals surface area (Å²) in [5.74, 6) is 2.40. The summed E-state index contributed by atoms with van der Waals surface area (Å²) in [6, 6.07) is 0. The maximum Gasteiger partial charge on any atom is -0.00277 e. The fraction of sp³-hybridized carbons (Fsp3) is 0.895. The van der Waals surface area contributed by atoms with E-state index >= 15 is 0 Å². The second-order valence-corrected chi connectivity index (χ2v) is 10.3. The number of rotatable bonds is 0. The van der Waals surface area contributed by atoms with Gasteiger partial charge in [-0.2, -0.15) is 0 Å². The molecule has 0 nitrogen and oxygen atoms in total. The molecule has 0 amide bonds. The Balaban J connectivity index is 2.57. The highest BCUT2D eigenvalue weighted by molar-refractivity contribution is 5.27. The number of fused-ring (bicyclic) bond motifs is 2. The van der Waals surface area contributed by atoms with Crippen LogP contribution in [0.2, 0.25) is 0 Å². The lowest BCUT2D eigenvalue weighted by Gasteiger charge is -2.54. The highest BCUT2D eigenvalue weighted by Crippen LogP contribution is 2.70. The van der Waals surface area contributed by atoms with Crippen LogP contribution in [0.3, 0.4) is 0 Å². The molecule has 19 heavy (non-hydrogen) atoms. The van der Waals surface area contributed by atoms with Gasteiger partial charge in [0.1, 0.15) is 0 Å². The molecule has 2 aliphatic rings. The van der Waals surface area contributed by atoms with Gasteiger partial charge in [0.15, 0.2) is 0 Å². The van der Waals surface area contributed by atoms with Crippen LogP contribution < -0.4 is 0 Å². The highest BCUT2D eigenvalue weighted by Gasteiger charge is 2.64. The molecular formula is C19H34. The van der Waals surface area contributed by atoms with E-state index in [4.69, 9.17) is 0 Å². The summed E-state index contributed by atoms with van der Waals surface area (Å²) in [6.07, 6.45) is 6.51. The molecule has 0 radical (unpaired) electrons. The zero-order valence-electron chi connectivity index (χ0n) is 14.6. The zero-order chi connectivity index (χ0) is 14.9. The maximum atomic E-state index is 2.59. The minimum atomic E-state index is 0.357. The summed E-state index contributed by atoms with van der Waals surface area (Å²) >= 11 is 0. The molecule has 0 spiro atoms. The third-order valence-electron chi connectivity index (χ3n) is 5.92. The van der Waals surface area contributed by atoms with Crippen LogP contribution in [0.1, 0.15) is 68.7 Å². The van der Waals surface area contributed by atoms with Gasteiger partial charge in [0.2, 0.25) is 0 Å². The molecule has 0 heterocycles. The average molecular weight is 262 g/mol. The van der Waals surface area contributed by atoms with Crippen molar-refractivity contribution in [3.8, 4) is 0 Å². The van der Waals surface area contributed by atoms with Crippen LogP contribution in [0.5, 0.6) is 0 Å². The van der Waals surface area contributed by atoms with Crippen LogP contribution in [0.15, 0.2) is 12.2 Å². The lowest BCUT2D eigenvalue weighted by atomic mass is 9.51. The smallest absolute Gasteiger partial charge is 0.00277 e. The summed E-state index contributed by atoms with van der Waals surface area (Å²) < 4.78 is 0. The standard InChI is InChI=1S/C19H34/c1-16(2,3)14-13-10-11-19(12-13,18(7,8)9)15(14)17(4,5)6/h10-11,13-15H,12H2,1-9H3. The van der Waals surface area contributed by atoms with Crippen molar-refractivity contribution in [1.29, 1.82) is 0 Å². The number of hydrogen-bond donors (Lipinski definition) is 0. The Morgan fingerprint density at radius 3 is 1.74 bits per heavy atom. The lowest BCUT2D eigenvalue weighted by Crippen LogP contribution is -2.48. The molecule has 0 heteroatoms. The highest BCUT2D eigenvalue weighted by atomic mass is 14.7. The van der Waals surface area contributed by atoms with Crippen LogP contribution in [-0.4, -0.2) is 0 Å². The molecule has 110 valence electrons. The van der Waals surface area contributed by atoms with Crippen molar-refractivity contribution in [3.63, 3.8) is 0 Å². The van der Waals surface area contributed by atoms with Gasteiger partial charge in [-0.05, 0) is 45.8 Å². The van der Waals surface area contributed by atoms with Crippen LogP contribution >= 0.6 is 0 Å². The number of hydrogen-bond acceptors (Lipinski definition) is 0. The quantitative estimate of drug-likeness (QED) is 0.474. The van der Waals surface area contributed by atoms with Gasteiger partial charge in [0, 0.05) is 0 Å². The van der Waals surface area contributed by atoms with Gasteiger partial charge in [0.05, 0.1) is 0 Å². The van der Waals surface area contributed by atoms with Gasteiger partial charge in [-0.3, -0.25) is 0 Å². The Labute approximate surface area is 121 Å². The van der Waals surface area contributed by atoms with Crippen molar-refractivity contribution in [2.45, 2.75) is 68.7 Å². The third-order valence-corrected chi connectivity index (χ3v) is 5.92. The molecule has 4 atom stereocenters. The Hall–Kier alpha value is -0.260. The molecule has 2 aliphatic carbocycles. The first-order valence-corrected chi connectivity index (χ1v) is 8.00. The largest absolute Gasteiger partial charge is 0.0845 e. The Morgan fingerprint density at radius 2 is 1.37 bits per heavy atom. The van der Waals surface area contributed by atoms with Crippen molar-refractivity contribution >= 4 is 0 Å². The third kappa shape index (κ3) is 2.10. The first-order valence-electron chi connectivity index (χ1n) is 8.00. The predicted octanol–water partition coefficient (Wildman–Crippen LogP) is 5.93. The van der Waals surface area contributed by atoms with Gasteiger partial charge >= 0.3 is 0 Å². The SMILES string of the molecule is CC(C)(C)C1C2C=CC(C(C)(C)C)(C2)C1C(C)(C)C.